The highest BCUT2D eigenvalue weighted by atomic mass is 16.6. The maximum Gasteiger partial charge on any atom is 0.429 e. The van der Waals surface area contributed by atoms with Gasteiger partial charge in [0.25, 0.3) is 0 Å². The van der Waals surface area contributed by atoms with Gasteiger partial charge in [-0.25, -0.2) is 9.80 Å². The number of ether oxygens (including phenoxy) is 1. The minimum absolute atomic E-state index is 0.0719. The zero-order chi connectivity index (χ0) is 18.7. The van der Waals surface area contributed by atoms with E-state index < -0.39 is 11.7 Å². The summed E-state index contributed by atoms with van der Waals surface area (Å²) in [5, 5.41) is 1.43. The van der Waals surface area contributed by atoms with Gasteiger partial charge in [-0.1, -0.05) is 44.2 Å². The molecule has 0 atom stereocenters. The van der Waals surface area contributed by atoms with E-state index in [2.05, 4.69) is 19.3 Å². The average molecular weight is 344 g/mol. The molecule has 0 bridgehead atoms. The van der Waals surface area contributed by atoms with Crippen molar-refractivity contribution in [2.45, 2.75) is 59.6 Å². The SMILES string of the molecule is CC1(C)CC(=O)C=C(NN(Cc2ccccc2)C(=O)OC(C)(C)C)C1. The molecular weight excluding hydrogens is 316 g/mol. The monoisotopic (exact) mass is 344 g/mol. The Morgan fingerprint density at radius 1 is 1.20 bits per heavy atom. The first-order valence-electron chi connectivity index (χ1n) is 8.59. The zero-order valence-electron chi connectivity index (χ0n) is 15.8. The molecule has 0 radical (unpaired) electrons. The smallest absolute Gasteiger partial charge is 0.429 e. The highest BCUT2D eigenvalue weighted by Crippen LogP contribution is 2.32. The van der Waals surface area contributed by atoms with Crippen molar-refractivity contribution in [2.75, 3.05) is 0 Å². The fourth-order valence-corrected chi connectivity index (χ4v) is 2.82. The Morgan fingerprint density at radius 2 is 1.84 bits per heavy atom. The van der Waals surface area contributed by atoms with Gasteiger partial charge in [0.1, 0.15) is 5.60 Å². The molecule has 1 aliphatic rings. The third-order valence-corrected chi connectivity index (χ3v) is 3.73. The van der Waals surface area contributed by atoms with Crippen LogP contribution in [0.25, 0.3) is 0 Å². The molecular formula is C20H28N2O3. The van der Waals surface area contributed by atoms with E-state index in [-0.39, 0.29) is 11.2 Å². The Morgan fingerprint density at radius 3 is 2.40 bits per heavy atom. The molecule has 136 valence electrons. The third-order valence-electron chi connectivity index (χ3n) is 3.73. The van der Waals surface area contributed by atoms with Crippen LogP contribution in [0.15, 0.2) is 42.1 Å². The predicted octanol–water partition coefficient (Wildman–Crippen LogP) is 4.20. The first-order valence-corrected chi connectivity index (χ1v) is 8.59. The molecule has 1 N–H and O–H groups in total. The van der Waals surface area contributed by atoms with E-state index in [1.165, 1.54) is 5.01 Å². The van der Waals surface area contributed by atoms with E-state index in [4.69, 9.17) is 4.74 Å². The van der Waals surface area contributed by atoms with Gasteiger partial charge in [-0.3, -0.25) is 10.2 Å². The summed E-state index contributed by atoms with van der Waals surface area (Å²) in [6.45, 7) is 9.94. The van der Waals surface area contributed by atoms with Crippen LogP contribution in [0.5, 0.6) is 0 Å². The Bertz CT molecular complexity index is 657. The summed E-state index contributed by atoms with van der Waals surface area (Å²) in [6, 6.07) is 9.68. The van der Waals surface area contributed by atoms with Gasteiger partial charge in [0.15, 0.2) is 5.78 Å². The van der Waals surface area contributed by atoms with Crippen LogP contribution in [-0.2, 0) is 16.1 Å². The molecule has 0 fully saturated rings. The molecule has 5 nitrogen and oxygen atoms in total. The largest absolute Gasteiger partial charge is 0.442 e. The van der Waals surface area contributed by atoms with Crippen molar-refractivity contribution < 1.29 is 14.3 Å². The molecule has 1 aromatic rings. The van der Waals surface area contributed by atoms with Gasteiger partial charge in [-0.2, -0.15) is 0 Å². The fraction of sp³-hybridized carbons (Fsp3) is 0.500. The fourth-order valence-electron chi connectivity index (χ4n) is 2.82. The van der Waals surface area contributed by atoms with Crippen molar-refractivity contribution >= 4 is 11.9 Å². The van der Waals surface area contributed by atoms with Crippen molar-refractivity contribution in [3.05, 3.63) is 47.7 Å². The van der Waals surface area contributed by atoms with Gasteiger partial charge in [0.05, 0.1) is 6.54 Å². The van der Waals surface area contributed by atoms with Gasteiger partial charge >= 0.3 is 6.09 Å². The van der Waals surface area contributed by atoms with E-state index in [0.717, 1.165) is 11.3 Å². The lowest BCUT2D eigenvalue weighted by atomic mass is 9.79. The van der Waals surface area contributed by atoms with Gasteiger partial charge in [0, 0.05) is 18.2 Å². The van der Waals surface area contributed by atoms with Crippen LogP contribution in [-0.4, -0.2) is 22.5 Å². The molecule has 0 heterocycles. The number of hydrogen-bond acceptors (Lipinski definition) is 4. The Balaban J connectivity index is 2.19. The van der Waals surface area contributed by atoms with E-state index in [9.17, 15) is 9.59 Å². The van der Waals surface area contributed by atoms with Crippen LogP contribution in [0, 0.1) is 5.41 Å². The summed E-state index contributed by atoms with van der Waals surface area (Å²) in [5.41, 5.74) is 4.11. The zero-order valence-corrected chi connectivity index (χ0v) is 15.8. The quantitative estimate of drug-likeness (QED) is 0.832. The summed E-state index contributed by atoms with van der Waals surface area (Å²) in [6.07, 6.45) is 2.34. The number of nitrogens with one attached hydrogen (secondary N) is 1. The standard InChI is InChI=1S/C20H28N2O3/c1-19(2,3)25-18(24)22(14-15-9-7-6-8-10-15)21-16-11-17(23)13-20(4,5)12-16/h6-11,21H,12-14H2,1-5H3. The van der Waals surface area contributed by atoms with Crippen molar-refractivity contribution in [1.82, 2.24) is 10.4 Å². The summed E-state index contributed by atoms with van der Waals surface area (Å²) >= 11 is 0. The molecule has 1 amide bonds. The number of amides is 1. The van der Waals surface area contributed by atoms with Crippen LogP contribution in [0.3, 0.4) is 0 Å². The highest BCUT2D eigenvalue weighted by molar-refractivity contribution is 5.91. The number of rotatable bonds is 4. The number of carbonyl (C=O) groups is 2. The normalized spacial score (nSPS) is 16.8. The molecule has 1 aliphatic carbocycles. The van der Waals surface area contributed by atoms with Gasteiger partial charge in [-0.05, 0) is 38.2 Å². The van der Waals surface area contributed by atoms with Crippen molar-refractivity contribution in [3.63, 3.8) is 0 Å². The molecule has 0 saturated heterocycles. The average Bonchev–Trinajstić information content (AvgIpc) is 2.43. The number of hydrazine groups is 1. The lowest BCUT2D eigenvalue weighted by Crippen LogP contribution is -2.46. The number of hydrogen-bond donors (Lipinski definition) is 1. The van der Waals surface area contributed by atoms with E-state index in [0.29, 0.717) is 19.4 Å². The molecule has 25 heavy (non-hydrogen) atoms. The predicted molar refractivity (Wildman–Crippen MR) is 97.5 cm³/mol. The van der Waals surface area contributed by atoms with Gasteiger partial charge in [-0.15, -0.1) is 0 Å². The van der Waals surface area contributed by atoms with Crippen LogP contribution in [0.2, 0.25) is 0 Å². The van der Waals surface area contributed by atoms with Crippen molar-refractivity contribution in [1.29, 1.82) is 0 Å². The molecule has 2 rings (SSSR count). The second-order valence-electron chi connectivity index (χ2n) is 8.32. The molecule has 0 spiro atoms. The number of allylic oxidation sites excluding steroid dienone is 2. The number of nitrogens with zero attached hydrogens (tertiary/aromatic N) is 1. The maximum atomic E-state index is 12.6. The number of carbonyl (C=O) groups excluding carboxylic acids is 2. The second-order valence-corrected chi connectivity index (χ2v) is 8.32. The summed E-state index contributed by atoms with van der Waals surface area (Å²) in [5.74, 6) is 0.0719. The van der Waals surface area contributed by atoms with Gasteiger partial charge in [0.2, 0.25) is 0 Å². The van der Waals surface area contributed by atoms with Crippen molar-refractivity contribution in [3.8, 4) is 0 Å². The highest BCUT2D eigenvalue weighted by Gasteiger charge is 2.30. The molecule has 1 aromatic carbocycles. The van der Waals surface area contributed by atoms with Crippen LogP contribution < -0.4 is 5.43 Å². The summed E-state index contributed by atoms with van der Waals surface area (Å²) in [7, 11) is 0. The van der Waals surface area contributed by atoms with Gasteiger partial charge < -0.3 is 4.74 Å². The molecule has 0 saturated carbocycles. The van der Waals surface area contributed by atoms with E-state index in [1.54, 1.807) is 6.08 Å². The van der Waals surface area contributed by atoms with Crippen LogP contribution in [0.4, 0.5) is 4.79 Å². The Kier molecular flexibility index (Phi) is 5.55. The number of benzene rings is 1. The molecule has 0 unspecified atom stereocenters. The van der Waals surface area contributed by atoms with E-state index in [1.807, 2.05) is 51.1 Å². The van der Waals surface area contributed by atoms with Crippen LogP contribution >= 0.6 is 0 Å². The lowest BCUT2D eigenvalue weighted by Gasteiger charge is -2.33. The molecule has 5 heteroatoms. The topological polar surface area (TPSA) is 58.6 Å². The molecule has 0 aliphatic heterocycles. The second kappa shape index (κ2) is 7.30. The first-order chi connectivity index (χ1) is 11.5. The Hall–Kier alpha value is -2.30. The minimum Gasteiger partial charge on any atom is -0.442 e. The Labute approximate surface area is 150 Å². The number of ketones is 1. The maximum absolute atomic E-state index is 12.6. The minimum atomic E-state index is -0.594. The lowest BCUT2D eigenvalue weighted by molar-refractivity contribution is -0.117. The van der Waals surface area contributed by atoms with Crippen molar-refractivity contribution in [2.24, 2.45) is 5.41 Å². The molecule has 0 aromatic heterocycles. The summed E-state index contributed by atoms with van der Waals surface area (Å²) < 4.78 is 5.50. The first kappa shape index (κ1) is 19.0. The van der Waals surface area contributed by atoms with E-state index >= 15 is 0 Å². The third kappa shape index (κ3) is 6.25. The van der Waals surface area contributed by atoms with Crippen LogP contribution in [0.1, 0.15) is 53.0 Å². The summed E-state index contributed by atoms with van der Waals surface area (Å²) in [4.78, 5) is 24.6.